The van der Waals surface area contributed by atoms with Crippen LogP contribution in [0.3, 0.4) is 0 Å². The van der Waals surface area contributed by atoms with Crippen molar-refractivity contribution < 1.29 is 5.21 Å². The van der Waals surface area contributed by atoms with Crippen molar-refractivity contribution in [3.05, 3.63) is 34.9 Å². The molecule has 0 unspecified atom stereocenters. The van der Waals surface area contributed by atoms with E-state index in [1.54, 1.807) is 0 Å². The Kier molecular flexibility index (Phi) is 4.02. The van der Waals surface area contributed by atoms with E-state index in [0.29, 0.717) is 10.8 Å². The van der Waals surface area contributed by atoms with Gasteiger partial charge in [-0.25, -0.2) is 0 Å². The third-order valence-corrected chi connectivity index (χ3v) is 5.73. The maximum Gasteiger partial charge on any atom is 0.170 e. The van der Waals surface area contributed by atoms with Gasteiger partial charge in [-0.15, -0.1) is 0 Å². The number of nitrogens with zero attached hydrogens (tertiary/aromatic N) is 1. The van der Waals surface area contributed by atoms with E-state index in [-0.39, 0.29) is 5.84 Å². The van der Waals surface area contributed by atoms with Crippen molar-refractivity contribution in [3.8, 4) is 0 Å². The molecule has 116 valence electrons. The van der Waals surface area contributed by atoms with Crippen molar-refractivity contribution in [1.29, 1.82) is 0 Å². The molecule has 1 saturated carbocycles. The predicted octanol–water partition coefficient (Wildman–Crippen LogP) is 2.86. The predicted molar refractivity (Wildman–Crippen MR) is 86.4 cm³/mol. The lowest BCUT2D eigenvalue weighted by Gasteiger charge is -2.10. The van der Waals surface area contributed by atoms with Gasteiger partial charge < -0.3 is 16.3 Å². The average molecular weight is 289 g/mol. The molecule has 0 aliphatic heterocycles. The standard InChI is InChI=1S/C17H27N3O/c1-11-8-12(15(18)20-21)6-7-13(11)9-19-10-14-16(2,3)17(14,4)5/h6-8,14,19,21H,9-10H2,1-5H3,(H2,18,20). The summed E-state index contributed by atoms with van der Waals surface area (Å²) in [6, 6.07) is 5.89. The molecule has 4 N–H and O–H groups in total. The smallest absolute Gasteiger partial charge is 0.170 e. The molecule has 0 heterocycles. The van der Waals surface area contributed by atoms with Gasteiger partial charge in [0.2, 0.25) is 0 Å². The number of aryl methyl sites for hydroxylation is 1. The summed E-state index contributed by atoms with van der Waals surface area (Å²) in [6.07, 6.45) is 0. The maximum absolute atomic E-state index is 8.71. The van der Waals surface area contributed by atoms with Crippen LogP contribution in [0.15, 0.2) is 23.4 Å². The Hall–Kier alpha value is -1.55. The Labute approximate surface area is 127 Å². The third-order valence-electron chi connectivity index (χ3n) is 5.73. The summed E-state index contributed by atoms with van der Waals surface area (Å²) in [5.74, 6) is 0.876. The minimum absolute atomic E-state index is 0.152. The normalized spacial score (nSPS) is 20.5. The highest BCUT2D eigenvalue weighted by Crippen LogP contribution is 2.67. The first kappa shape index (κ1) is 15.8. The summed E-state index contributed by atoms with van der Waals surface area (Å²) in [6.45, 7) is 13.3. The second kappa shape index (κ2) is 5.34. The lowest BCUT2D eigenvalue weighted by Crippen LogP contribution is -2.20. The van der Waals surface area contributed by atoms with Gasteiger partial charge in [0.1, 0.15) is 0 Å². The van der Waals surface area contributed by atoms with Crippen LogP contribution in [-0.4, -0.2) is 17.6 Å². The molecule has 0 bridgehead atoms. The van der Waals surface area contributed by atoms with Gasteiger partial charge in [0.15, 0.2) is 5.84 Å². The Bertz CT molecular complexity index is 547. The number of rotatable bonds is 5. The summed E-state index contributed by atoms with van der Waals surface area (Å²) in [4.78, 5) is 0. The van der Waals surface area contributed by atoms with Gasteiger partial charge in [-0.05, 0) is 47.4 Å². The minimum atomic E-state index is 0.152. The molecular formula is C17H27N3O. The number of amidine groups is 1. The minimum Gasteiger partial charge on any atom is -0.409 e. The molecule has 0 atom stereocenters. The Morgan fingerprint density at radius 1 is 1.29 bits per heavy atom. The molecule has 1 fully saturated rings. The highest BCUT2D eigenvalue weighted by atomic mass is 16.4. The van der Waals surface area contributed by atoms with E-state index >= 15 is 0 Å². The van der Waals surface area contributed by atoms with Crippen molar-refractivity contribution in [2.24, 2.45) is 27.6 Å². The van der Waals surface area contributed by atoms with Crippen LogP contribution in [0.25, 0.3) is 0 Å². The van der Waals surface area contributed by atoms with Gasteiger partial charge in [0, 0.05) is 12.1 Å². The SMILES string of the molecule is Cc1cc(/C(N)=N/O)ccc1CNCC1C(C)(C)C1(C)C. The van der Waals surface area contributed by atoms with Crippen molar-refractivity contribution in [2.45, 2.75) is 41.2 Å². The van der Waals surface area contributed by atoms with Gasteiger partial charge in [0.25, 0.3) is 0 Å². The van der Waals surface area contributed by atoms with E-state index in [1.165, 1.54) is 5.56 Å². The van der Waals surface area contributed by atoms with Gasteiger partial charge in [0.05, 0.1) is 0 Å². The number of nitrogens with one attached hydrogen (secondary N) is 1. The van der Waals surface area contributed by atoms with Gasteiger partial charge >= 0.3 is 0 Å². The molecule has 21 heavy (non-hydrogen) atoms. The van der Waals surface area contributed by atoms with Gasteiger partial charge in [-0.2, -0.15) is 0 Å². The quantitative estimate of drug-likeness (QED) is 0.338. The Balaban J connectivity index is 1.93. The van der Waals surface area contributed by atoms with Crippen molar-refractivity contribution in [2.75, 3.05) is 6.54 Å². The van der Waals surface area contributed by atoms with Gasteiger partial charge in [-0.3, -0.25) is 0 Å². The lowest BCUT2D eigenvalue weighted by molar-refractivity contribution is 0.318. The zero-order valence-electron chi connectivity index (χ0n) is 13.7. The Morgan fingerprint density at radius 2 is 1.90 bits per heavy atom. The summed E-state index contributed by atoms with van der Waals surface area (Å²) in [5.41, 5.74) is 9.61. The fourth-order valence-corrected chi connectivity index (χ4v) is 3.31. The molecular weight excluding hydrogens is 262 g/mol. The van der Waals surface area contributed by atoms with Crippen LogP contribution >= 0.6 is 0 Å². The first-order chi connectivity index (χ1) is 9.71. The zero-order valence-corrected chi connectivity index (χ0v) is 13.7. The van der Waals surface area contributed by atoms with Crippen LogP contribution < -0.4 is 11.1 Å². The number of nitrogens with two attached hydrogens (primary N) is 1. The van der Waals surface area contributed by atoms with Gasteiger partial charge in [-0.1, -0.05) is 45.0 Å². The monoisotopic (exact) mass is 289 g/mol. The fourth-order valence-electron chi connectivity index (χ4n) is 3.31. The summed E-state index contributed by atoms with van der Waals surface area (Å²) in [7, 11) is 0. The molecule has 4 heteroatoms. The molecule has 0 aromatic heterocycles. The largest absolute Gasteiger partial charge is 0.409 e. The van der Waals surface area contributed by atoms with Crippen molar-refractivity contribution in [3.63, 3.8) is 0 Å². The van der Waals surface area contributed by atoms with Crippen LogP contribution in [0.2, 0.25) is 0 Å². The summed E-state index contributed by atoms with van der Waals surface area (Å²) in [5, 5.41) is 15.3. The first-order valence-corrected chi connectivity index (χ1v) is 7.50. The number of benzene rings is 1. The number of hydrogen-bond donors (Lipinski definition) is 3. The molecule has 0 saturated heterocycles. The van der Waals surface area contributed by atoms with Crippen molar-refractivity contribution >= 4 is 5.84 Å². The van der Waals surface area contributed by atoms with E-state index < -0.39 is 0 Å². The van der Waals surface area contributed by atoms with Crippen LogP contribution in [0, 0.1) is 23.7 Å². The van der Waals surface area contributed by atoms with E-state index in [4.69, 9.17) is 10.9 Å². The van der Waals surface area contributed by atoms with E-state index in [9.17, 15) is 0 Å². The number of oxime groups is 1. The van der Waals surface area contributed by atoms with E-state index in [0.717, 1.165) is 30.1 Å². The summed E-state index contributed by atoms with van der Waals surface area (Å²) >= 11 is 0. The molecule has 0 amide bonds. The molecule has 1 aromatic rings. The molecule has 2 rings (SSSR count). The van der Waals surface area contributed by atoms with Crippen molar-refractivity contribution in [1.82, 2.24) is 5.32 Å². The molecule has 0 spiro atoms. The second-order valence-corrected chi connectivity index (χ2v) is 7.25. The van der Waals surface area contributed by atoms with E-state index in [1.807, 2.05) is 18.2 Å². The van der Waals surface area contributed by atoms with E-state index in [2.05, 4.69) is 45.1 Å². The summed E-state index contributed by atoms with van der Waals surface area (Å²) < 4.78 is 0. The zero-order chi connectivity index (χ0) is 15.8. The maximum atomic E-state index is 8.71. The Morgan fingerprint density at radius 3 is 2.38 bits per heavy atom. The van der Waals surface area contributed by atoms with Crippen LogP contribution in [-0.2, 0) is 6.54 Å². The third kappa shape index (κ3) is 2.77. The van der Waals surface area contributed by atoms with Crippen LogP contribution in [0.1, 0.15) is 44.4 Å². The molecule has 1 aliphatic carbocycles. The fraction of sp³-hybridized carbons (Fsp3) is 0.588. The lowest BCUT2D eigenvalue weighted by atomic mass is 10.0. The highest BCUT2D eigenvalue weighted by molar-refractivity contribution is 5.97. The molecule has 4 nitrogen and oxygen atoms in total. The first-order valence-electron chi connectivity index (χ1n) is 7.50. The highest BCUT2D eigenvalue weighted by Gasteiger charge is 2.63. The van der Waals surface area contributed by atoms with Crippen LogP contribution in [0.4, 0.5) is 0 Å². The molecule has 1 aliphatic rings. The number of hydrogen-bond acceptors (Lipinski definition) is 3. The topological polar surface area (TPSA) is 70.6 Å². The molecule has 0 radical (unpaired) electrons. The average Bonchev–Trinajstić information content (AvgIpc) is 2.81. The molecule has 1 aromatic carbocycles. The second-order valence-electron chi connectivity index (χ2n) is 7.25. The van der Waals surface area contributed by atoms with Crippen LogP contribution in [0.5, 0.6) is 0 Å².